The first-order valence-corrected chi connectivity index (χ1v) is 13.9. The van der Waals surface area contributed by atoms with Crippen LogP contribution >= 0.6 is 0 Å². The number of carbonyl (C=O) groups is 2. The molecule has 44 heavy (non-hydrogen) atoms. The monoisotopic (exact) mass is 608 g/mol. The van der Waals surface area contributed by atoms with Gasteiger partial charge in [-0.15, -0.1) is 0 Å². The number of hydrogen-bond acceptors (Lipinski definition) is 5. The van der Waals surface area contributed by atoms with E-state index < -0.39 is 34.4 Å². The van der Waals surface area contributed by atoms with Crippen LogP contribution in [0.4, 0.5) is 17.6 Å². The molecule has 2 unspecified atom stereocenters. The number of alkyl halides is 4. The quantitative estimate of drug-likeness (QED) is 0.0809. The van der Waals surface area contributed by atoms with Crippen LogP contribution in [0.1, 0.15) is 69.7 Å². The molecule has 4 aromatic carbocycles. The number of methoxy groups -OCH3 is 1. The number of rotatable bonds is 11. The van der Waals surface area contributed by atoms with E-state index >= 15 is 4.39 Å². The van der Waals surface area contributed by atoms with Gasteiger partial charge in [-0.2, -0.15) is 13.2 Å². The lowest BCUT2D eigenvalue weighted by atomic mass is 9.73. The van der Waals surface area contributed by atoms with Gasteiger partial charge in [0.05, 0.1) is 12.7 Å². The number of Topliss-reactive ketones (excluding diaryl/α,β-unsaturated/α-hetero) is 1. The maximum absolute atomic E-state index is 15.8. The Hall–Kier alpha value is -4.50. The lowest BCUT2D eigenvalue weighted by Crippen LogP contribution is -2.39. The van der Waals surface area contributed by atoms with E-state index in [1.165, 1.54) is 26.2 Å². The summed E-state index contributed by atoms with van der Waals surface area (Å²) in [5.41, 5.74) is -3.28. The van der Waals surface area contributed by atoms with Crippen LogP contribution in [0.3, 0.4) is 0 Å². The third-order valence-electron chi connectivity index (χ3n) is 7.86. The molecule has 4 rings (SSSR count). The van der Waals surface area contributed by atoms with Crippen molar-refractivity contribution in [2.45, 2.75) is 43.9 Å². The Bertz CT molecular complexity index is 1580. The molecular formula is C35H32F4O5. The van der Waals surface area contributed by atoms with Crippen LogP contribution < -0.4 is 9.47 Å². The Morgan fingerprint density at radius 3 is 1.57 bits per heavy atom. The van der Waals surface area contributed by atoms with Crippen LogP contribution in [-0.2, 0) is 11.1 Å². The Morgan fingerprint density at radius 1 is 0.682 bits per heavy atom. The second-order valence-corrected chi connectivity index (χ2v) is 10.7. The van der Waals surface area contributed by atoms with Crippen LogP contribution in [0, 0.1) is 0 Å². The smallest absolute Gasteiger partial charge is 0.431 e. The van der Waals surface area contributed by atoms with Crippen molar-refractivity contribution >= 4 is 11.8 Å². The Balaban J connectivity index is 1.54. The summed E-state index contributed by atoms with van der Waals surface area (Å²) in [4.78, 5) is 24.6. The number of aliphatic hydroxyl groups is 1. The molecule has 0 heterocycles. The zero-order chi connectivity index (χ0) is 32.1. The Labute approximate surface area is 253 Å². The number of benzene rings is 4. The van der Waals surface area contributed by atoms with Crippen molar-refractivity contribution in [3.8, 4) is 11.5 Å². The van der Waals surface area contributed by atoms with Gasteiger partial charge in [0.25, 0.3) is 5.67 Å². The van der Waals surface area contributed by atoms with Crippen LogP contribution in [0.15, 0.2) is 97.1 Å². The highest BCUT2D eigenvalue weighted by molar-refractivity contribution is 5.94. The summed E-state index contributed by atoms with van der Waals surface area (Å²) in [5.74, 6) is -0.390. The minimum atomic E-state index is -5.27. The van der Waals surface area contributed by atoms with E-state index in [-0.39, 0.29) is 29.5 Å². The third kappa shape index (κ3) is 6.53. The molecule has 0 saturated carbocycles. The normalized spacial score (nSPS) is 14.3. The highest BCUT2D eigenvalue weighted by atomic mass is 19.4. The summed E-state index contributed by atoms with van der Waals surface area (Å²) in [6, 6.07) is 22.6. The number of ketones is 1. The van der Waals surface area contributed by atoms with Crippen LogP contribution in [0.25, 0.3) is 0 Å². The molecule has 0 radical (unpaired) electrons. The molecule has 4 aromatic rings. The minimum Gasteiger partial charge on any atom is -0.497 e. The van der Waals surface area contributed by atoms with E-state index in [1.54, 1.807) is 36.4 Å². The second kappa shape index (κ2) is 13.0. The predicted molar refractivity (Wildman–Crippen MR) is 158 cm³/mol. The van der Waals surface area contributed by atoms with E-state index in [0.29, 0.717) is 18.4 Å². The van der Waals surface area contributed by atoms with Crippen molar-refractivity contribution in [1.29, 1.82) is 0 Å². The van der Waals surface area contributed by atoms with Crippen LogP contribution in [0.5, 0.6) is 11.5 Å². The first-order chi connectivity index (χ1) is 20.8. The van der Waals surface area contributed by atoms with Crippen molar-refractivity contribution in [1.82, 2.24) is 0 Å². The van der Waals surface area contributed by atoms with Crippen LogP contribution in [0.2, 0.25) is 0 Å². The molecule has 0 amide bonds. The summed E-state index contributed by atoms with van der Waals surface area (Å²) >= 11 is 0. The number of aliphatic hydroxyl groups excluding tert-OH is 1. The van der Waals surface area contributed by atoms with Crippen molar-refractivity contribution in [3.63, 3.8) is 0 Å². The van der Waals surface area contributed by atoms with E-state index in [4.69, 9.17) is 9.47 Å². The zero-order valence-electron chi connectivity index (χ0n) is 24.5. The maximum Gasteiger partial charge on any atom is 0.431 e. The molecule has 0 saturated heterocycles. The lowest BCUT2D eigenvalue weighted by molar-refractivity contribution is -0.219. The van der Waals surface area contributed by atoms with Crippen LogP contribution in [-0.4, -0.2) is 36.8 Å². The van der Waals surface area contributed by atoms with Crippen molar-refractivity contribution in [3.05, 3.63) is 130 Å². The molecule has 2 atom stereocenters. The van der Waals surface area contributed by atoms with Gasteiger partial charge in [-0.25, -0.2) is 9.18 Å². The molecule has 230 valence electrons. The maximum atomic E-state index is 15.8. The fourth-order valence-corrected chi connectivity index (χ4v) is 5.17. The largest absolute Gasteiger partial charge is 0.497 e. The van der Waals surface area contributed by atoms with Gasteiger partial charge in [0, 0.05) is 28.7 Å². The highest BCUT2D eigenvalue weighted by Gasteiger charge is 2.58. The van der Waals surface area contributed by atoms with E-state index in [1.807, 2.05) is 19.1 Å². The number of hydrogen-bond donors (Lipinski definition) is 1. The summed E-state index contributed by atoms with van der Waals surface area (Å²) in [6.07, 6.45) is -4.13. The average Bonchev–Trinajstić information content (AvgIpc) is 3.03. The molecule has 1 N–H and O–H groups in total. The number of esters is 1. The van der Waals surface area contributed by atoms with Gasteiger partial charge in [-0.1, -0.05) is 67.6 Å². The molecule has 0 aliphatic heterocycles. The molecule has 0 bridgehead atoms. The average molecular weight is 609 g/mol. The molecule has 0 aliphatic carbocycles. The van der Waals surface area contributed by atoms with Crippen molar-refractivity contribution < 1.29 is 41.7 Å². The molecule has 0 aliphatic rings. The molecule has 0 fully saturated rings. The highest BCUT2D eigenvalue weighted by Crippen LogP contribution is 2.48. The number of halogens is 4. The summed E-state index contributed by atoms with van der Waals surface area (Å²) in [6.45, 7) is 3.52. The number of ether oxygens (including phenoxy) is 2. The minimum absolute atomic E-state index is 0.00218. The van der Waals surface area contributed by atoms with E-state index in [2.05, 4.69) is 0 Å². The summed E-state index contributed by atoms with van der Waals surface area (Å²) < 4.78 is 68.2. The molecule has 5 nitrogen and oxygen atoms in total. The van der Waals surface area contributed by atoms with Gasteiger partial charge in [-0.3, -0.25) is 4.79 Å². The molecule has 0 spiro atoms. The Kier molecular flexibility index (Phi) is 9.59. The van der Waals surface area contributed by atoms with Gasteiger partial charge < -0.3 is 14.6 Å². The Morgan fingerprint density at radius 2 is 1.11 bits per heavy atom. The van der Waals surface area contributed by atoms with Gasteiger partial charge in [0.15, 0.2) is 5.78 Å². The first-order valence-electron chi connectivity index (χ1n) is 13.9. The summed E-state index contributed by atoms with van der Waals surface area (Å²) in [7, 11) is 1.35. The van der Waals surface area contributed by atoms with Gasteiger partial charge >= 0.3 is 12.1 Å². The fraction of sp³-hybridized carbons (Fsp3) is 0.257. The molecular weight excluding hydrogens is 576 g/mol. The topological polar surface area (TPSA) is 72.8 Å². The van der Waals surface area contributed by atoms with Crippen molar-refractivity contribution in [2.24, 2.45) is 0 Å². The fourth-order valence-electron chi connectivity index (χ4n) is 5.17. The summed E-state index contributed by atoms with van der Waals surface area (Å²) in [5, 5.41) is 9.49. The van der Waals surface area contributed by atoms with E-state index in [0.717, 1.165) is 47.5 Å². The van der Waals surface area contributed by atoms with Gasteiger partial charge in [0.1, 0.15) is 11.5 Å². The zero-order valence-corrected chi connectivity index (χ0v) is 24.5. The SMILES string of the molecule is COc1ccc(C(F)(c2ccc(C(=O)Oc3ccc(C(C)(CCCO)c4ccc(C(C)=O)cc4)cc3)cc2)C(F)(F)F)cc1. The standard InChI is InChI=1S/C35H32F4O5/c1-23(41)24-5-9-26(10-6-24)33(2,21-4-22-40)27-13-19-31(20-14-27)44-32(42)25-7-11-28(12-8-25)34(36,35(37,38)39)29-15-17-30(43-3)18-16-29/h5-20,40H,4,21-22H2,1-3H3. The second-order valence-electron chi connectivity index (χ2n) is 10.7. The molecule has 9 heteroatoms. The van der Waals surface area contributed by atoms with Gasteiger partial charge in [0.2, 0.25) is 0 Å². The van der Waals surface area contributed by atoms with E-state index in [9.17, 15) is 27.9 Å². The van der Waals surface area contributed by atoms with Crippen molar-refractivity contribution in [2.75, 3.05) is 13.7 Å². The number of carbonyl (C=O) groups excluding carboxylic acids is 2. The third-order valence-corrected chi connectivity index (χ3v) is 7.86. The first kappa shape index (κ1) is 32.4. The molecule has 0 aromatic heterocycles. The predicted octanol–water partition coefficient (Wildman–Crippen LogP) is 7.97. The van der Waals surface area contributed by atoms with Gasteiger partial charge in [-0.05, 0) is 67.3 Å². The lowest BCUT2D eigenvalue weighted by Gasteiger charge is -2.31.